The molecule has 2 aromatic rings. The van der Waals surface area contributed by atoms with Gasteiger partial charge in [-0.15, -0.1) is 11.6 Å². The minimum absolute atomic E-state index is 0.0922. The molecule has 3 heteroatoms. The Balaban J connectivity index is 1.79. The number of aliphatic imine (C=N–C) groups is 1. The van der Waals surface area contributed by atoms with Gasteiger partial charge in [0.2, 0.25) is 0 Å². The Morgan fingerprint density at radius 3 is 2.55 bits per heavy atom. The molecule has 0 aromatic heterocycles. The summed E-state index contributed by atoms with van der Waals surface area (Å²) >= 11 is 6.23. The SMILES string of the molecule is Cc1cccc2c1CN(C1(c3ccccc3)CC1)C(CCl)=N2. The molecule has 2 nitrogen and oxygen atoms in total. The van der Waals surface area contributed by atoms with Crippen molar-refractivity contribution in [1.82, 2.24) is 4.90 Å². The zero-order valence-electron chi connectivity index (χ0n) is 12.7. The van der Waals surface area contributed by atoms with Crippen LogP contribution in [0, 0.1) is 6.92 Å². The lowest BCUT2D eigenvalue weighted by atomic mass is 9.98. The number of amidine groups is 1. The quantitative estimate of drug-likeness (QED) is 0.746. The highest BCUT2D eigenvalue weighted by molar-refractivity contribution is 6.28. The maximum atomic E-state index is 6.23. The summed E-state index contributed by atoms with van der Waals surface area (Å²) in [5.41, 5.74) is 5.19. The maximum Gasteiger partial charge on any atom is 0.121 e. The van der Waals surface area contributed by atoms with E-state index < -0.39 is 0 Å². The summed E-state index contributed by atoms with van der Waals surface area (Å²) in [6, 6.07) is 17.1. The van der Waals surface area contributed by atoms with Crippen molar-refractivity contribution in [3.63, 3.8) is 0 Å². The van der Waals surface area contributed by atoms with E-state index in [9.17, 15) is 0 Å². The van der Waals surface area contributed by atoms with E-state index in [-0.39, 0.29) is 5.54 Å². The smallest absolute Gasteiger partial charge is 0.121 e. The Morgan fingerprint density at radius 2 is 1.86 bits per heavy atom. The molecule has 0 radical (unpaired) electrons. The topological polar surface area (TPSA) is 15.6 Å². The number of aryl methyl sites for hydroxylation is 1. The fraction of sp³-hybridized carbons (Fsp3) is 0.316. The van der Waals surface area contributed by atoms with Crippen LogP contribution in [-0.4, -0.2) is 16.6 Å². The second-order valence-corrected chi connectivity index (χ2v) is 6.49. The third-order valence-corrected chi connectivity index (χ3v) is 5.17. The van der Waals surface area contributed by atoms with Crippen molar-refractivity contribution in [2.75, 3.05) is 5.88 Å². The summed E-state index contributed by atoms with van der Waals surface area (Å²) in [4.78, 5) is 7.28. The van der Waals surface area contributed by atoms with E-state index >= 15 is 0 Å². The first-order valence-corrected chi connectivity index (χ1v) is 8.33. The van der Waals surface area contributed by atoms with Crippen molar-refractivity contribution < 1.29 is 0 Å². The van der Waals surface area contributed by atoms with Gasteiger partial charge in [-0.05, 0) is 37.0 Å². The molecular weight excluding hydrogens is 292 g/mol. The van der Waals surface area contributed by atoms with E-state index in [1.165, 1.54) is 29.5 Å². The van der Waals surface area contributed by atoms with Crippen molar-refractivity contribution in [2.45, 2.75) is 31.8 Å². The van der Waals surface area contributed by atoms with Crippen LogP contribution in [0.25, 0.3) is 0 Å². The molecule has 112 valence electrons. The van der Waals surface area contributed by atoms with E-state index in [0.29, 0.717) is 5.88 Å². The Hall–Kier alpha value is -1.80. The molecule has 1 aliphatic carbocycles. The largest absolute Gasteiger partial charge is 0.345 e. The Kier molecular flexibility index (Phi) is 3.23. The van der Waals surface area contributed by atoms with Crippen molar-refractivity contribution in [2.24, 2.45) is 4.99 Å². The van der Waals surface area contributed by atoms with Crippen molar-refractivity contribution in [3.05, 3.63) is 65.2 Å². The molecule has 4 rings (SSSR count). The van der Waals surface area contributed by atoms with E-state index in [1.54, 1.807) is 0 Å². The average molecular weight is 311 g/mol. The summed E-state index contributed by atoms with van der Waals surface area (Å²) in [6.07, 6.45) is 2.35. The molecule has 1 aliphatic heterocycles. The Morgan fingerprint density at radius 1 is 1.09 bits per heavy atom. The van der Waals surface area contributed by atoms with Gasteiger partial charge in [0.1, 0.15) is 5.84 Å². The fourth-order valence-corrected chi connectivity index (χ4v) is 3.73. The van der Waals surface area contributed by atoms with Gasteiger partial charge in [-0.1, -0.05) is 42.5 Å². The summed E-state index contributed by atoms with van der Waals surface area (Å²) < 4.78 is 0. The lowest BCUT2D eigenvalue weighted by molar-refractivity contribution is 0.280. The van der Waals surface area contributed by atoms with Crippen molar-refractivity contribution >= 4 is 23.1 Å². The molecular formula is C19H19ClN2. The normalized spacial score (nSPS) is 18.6. The highest BCUT2D eigenvalue weighted by Crippen LogP contribution is 2.53. The predicted octanol–water partition coefficient (Wildman–Crippen LogP) is 4.77. The second-order valence-electron chi connectivity index (χ2n) is 6.22. The molecule has 0 spiro atoms. The van der Waals surface area contributed by atoms with E-state index in [4.69, 9.17) is 16.6 Å². The van der Waals surface area contributed by atoms with Gasteiger partial charge in [-0.3, -0.25) is 0 Å². The number of halogens is 1. The van der Waals surface area contributed by atoms with Gasteiger partial charge in [0, 0.05) is 12.1 Å². The average Bonchev–Trinajstić information content (AvgIpc) is 3.37. The molecule has 22 heavy (non-hydrogen) atoms. The van der Waals surface area contributed by atoms with Gasteiger partial charge >= 0.3 is 0 Å². The number of fused-ring (bicyclic) bond motifs is 1. The van der Waals surface area contributed by atoms with Crippen LogP contribution in [-0.2, 0) is 12.1 Å². The van der Waals surface area contributed by atoms with Crippen molar-refractivity contribution in [3.8, 4) is 0 Å². The van der Waals surface area contributed by atoms with E-state index in [0.717, 1.165) is 18.1 Å². The number of nitrogens with zero attached hydrogens (tertiary/aromatic N) is 2. The zero-order chi connectivity index (χ0) is 15.2. The van der Waals surface area contributed by atoms with Crippen molar-refractivity contribution in [1.29, 1.82) is 0 Å². The number of benzene rings is 2. The molecule has 2 aliphatic rings. The van der Waals surface area contributed by atoms with Crippen LogP contribution in [0.2, 0.25) is 0 Å². The first-order chi connectivity index (χ1) is 10.7. The standard InChI is InChI=1S/C19H19ClN2/c1-14-6-5-9-17-16(14)13-22(18(12-20)21-17)19(10-11-19)15-7-3-2-4-8-15/h2-9H,10-13H2,1H3. The van der Waals surface area contributed by atoms with Crippen LogP contribution < -0.4 is 0 Å². The summed E-state index contributed by atoms with van der Waals surface area (Å²) in [7, 11) is 0. The summed E-state index contributed by atoms with van der Waals surface area (Å²) in [5, 5.41) is 0. The highest BCUT2D eigenvalue weighted by atomic mass is 35.5. The molecule has 0 amide bonds. The molecule has 0 unspecified atom stereocenters. The third kappa shape index (κ3) is 2.05. The molecule has 0 N–H and O–H groups in total. The second kappa shape index (κ2) is 5.13. The number of hydrogen-bond donors (Lipinski definition) is 0. The minimum Gasteiger partial charge on any atom is -0.345 e. The van der Waals surface area contributed by atoms with Crippen LogP contribution in [0.1, 0.15) is 29.5 Å². The molecule has 0 bridgehead atoms. The van der Waals surface area contributed by atoms with E-state index in [1.807, 2.05) is 0 Å². The Labute approximate surface area is 136 Å². The van der Waals surface area contributed by atoms with Crippen LogP contribution in [0.4, 0.5) is 5.69 Å². The van der Waals surface area contributed by atoms with Gasteiger partial charge < -0.3 is 4.90 Å². The Bertz CT molecular complexity index is 732. The number of hydrogen-bond acceptors (Lipinski definition) is 2. The highest BCUT2D eigenvalue weighted by Gasteiger charge is 2.51. The molecule has 2 aromatic carbocycles. The predicted molar refractivity (Wildman–Crippen MR) is 91.9 cm³/mol. The minimum atomic E-state index is 0.0922. The first kappa shape index (κ1) is 13.8. The van der Waals surface area contributed by atoms with Crippen LogP contribution in [0.5, 0.6) is 0 Å². The maximum absolute atomic E-state index is 6.23. The lowest BCUT2D eigenvalue weighted by Gasteiger charge is -2.38. The van der Waals surface area contributed by atoms with E-state index in [2.05, 4.69) is 60.4 Å². The molecule has 0 saturated heterocycles. The molecule has 1 heterocycles. The third-order valence-electron chi connectivity index (χ3n) is 4.93. The van der Waals surface area contributed by atoms with Gasteiger partial charge in [0.25, 0.3) is 0 Å². The molecule has 0 atom stereocenters. The molecule has 1 saturated carbocycles. The lowest BCUT2D eigenvalue weighted by Crippen LogP contribution is -2.42. The number of alkyl halides is 1. The van der Waals surface area contributed by atoms with Gasteiger partial charge in [-0.2, -0.15) is 0 Å². The summed E-state index contributed by atoms with van der Waals surface area (Å²) in [6.45, 7) is 3.07. The van der Waals surface area contributed by atoms with Gasteiger partial charge in [0.05, 0.1) is 17.1 Å². The van der Waals surface area contributed by atoms with Gasteiger partial charge in [0.15, 0.2) is 0 Å². The van der Waals surface area contributed by atoms with Gasteiger partial charge in [-0.25, -0.2) is 4.99 Å². The van der Waals surface area contributed by atoms with Crippen LogP contribution in [0.3, 0.4) is 0 Å². The van der Waals surface area contributed by atoms with Crippen LogP contribution >= 0.6 is 11.6 Å². The summed E-state index contributed by atoms with van der Waals surface area (Å²) in [5.74, 6) is 1.46. The fourth-order valence-electron chi connectivity index (χ4n) is 3.53. The number of rotatable bonds is 3. The first-order valence-electron chi connectivity index (χ1n) is 7.80. The molecule has 1 fully saturated rings. The zero-order valence-corrected chi connectivity index (χ0v) is 13.5. The monoisotopic (exact) mass is 310 g/mol. The van der Waals surface area contributed by atoms with Crippen LogP contribution in [0.15, 0.2) is 53.5 Å².